The van der Waals surface area contributed by atoms with Crippen LogP contribution in [0.3, 0.4) is 0 Å². The molecule has 0 saturated carbocycles. The Balaban J connectivity index is 1.41. The summed E-state index contributed by atoms with van der Waals surface area (Å²) in [7, 11) is 0. The summed E-state index contributed by atoms with van der Waals surface area (Å²) >= 11 is 0. The zero-order valence-corrected chi connectivity index (χ0v) is 15.2. The highest BCUT2D eigenvalue weighted by molar-refractivity contribution is 5.68. The molecule has 2 amide bonds. The minimum atomic E-state index is -0.471. The van der Waals surface area contributed by atoms with E-state index in [0.29, 0.717) is 13.0 Å². The van der Waals surface area contributed by atoms with E-state index in [2.05, 4.69) is 10.6 Å². The van der Waals surface area contributed by atoms with E-state index >= 15 is 0 Å². The third kappa shape index (κ3) is 9.30. The van der Waals surface area contributed by atoms with E-state index in [9.17, 15) is 9.59 Å². The Labute approximate surface area is 159 Å². The lowest BCUT2D eigenvalue weighted by molar-refractivity contribution is 0.139. The van der Waals surface area contributed by atoms with E-state index in [4.69, 9.17) is 9.47 Å². The number of amides is 2. The molecule has 0 spiro atoms. The number of ether oxygens (including phenoxy) is 2. The SMILES string of the molecule is O=C(N[CH]CCCCNC(=O)OCc1ccccc1)OCc1ccccc1. The second-order valence-corrected chi connectivity index (χ2v) is 5.89. The molecule has 27 heavy (non-hydrogen) atoms. The summed E-state index contributed by atoms with van der Waals surface area (Å²) in [6.45, 7) is 2.70. The molecule has 2 aromatic rings. The first-order valence-electron chi connectivity index (χ1n) is 8.97. The Kier molecular flexibility index (Phi) is 9.28. The fourth-order valence-corrected chi connectivity index (χ4v) is 2.26. The van der Waals surface area contributed by atoms with Gasteiger partial charge in [-0.1, -0.05) is 60.7 Å². The molecule has 0 saturated heterocycles. The molecule has 0 unspecified atom stereocenters. The normalized spacial score (nSPS) is 10.1. The quantitative estimate of drug-likeness (QED) is 0.616. The number of unbranched alkanes of at least 4 members (excludes halogenated alkanes) is 2. The molecule has 2 N–H and O–H groups in total. The topological polar surface area (TPSA) is 76.7 Å². The Bertz CT molecular complexity index is 618. The number of rotatable bonds is 10. The number of hydrogen-bond donors (Lipinski definition) is 2. The van der Waals surface area contributed by atoms with Crippen molar-refractivity contribution in [2.24, 2.45) is 0 Å². The fraction of sp³-hybridized carbons (Fsp3) is 0.286. The number of carbonyl (C=O) groups is 2. The first-order valence-corrected chi connectivity index (χ1v) is 8.97. The Morgan fingerprint density at radius 2 is 1.33 bits per heavy atom. The van der Waals surface area contributed by atoms with Crippen molar-refractivity contribution in [3.8, 4) is 0 Å². The van der Waals surface area contributed by atoms with Crippen molar-refractivity contribution in [1.29, 1.82) is 0 Å². The molecule has 6 heteroatoms. The molecular weight excluding hydrogens is 344 g/mol. The van der Waals surface area contributed by atoms with Crippen molar-refractivity contribution in [2.45, 2.75) is 32.5 Å². The third-order valence-corrected chi connectivity index (χ3v) is 3.69. The Morgan fingerprint density at radius 1 is 0.778 bits per heavy atom. The van der Waals surface area contributed by atoms with Gasteiger partial charge in [0.15, 0.2) is 0 Å². The van der Waals surface area contributed by atoms with Crippen LogP contribution >= 0.6 is 0 Å². The highest BCUT2D eigenvalue weighted by Gasteiger charge is 2.03. The number of benzene rings is 2. The summed E-state index contributed by atoms with van der Waals surface area (Å²) in [5.74, 6) is 0. The summed E-state index contributed by atoms with van der Waals surface area (Å²) in [5.41, 5.74) is 1.89. The summed E-state index contributed by atoms with van der Waals surface area (Å²) in [6.07, 6.45) is 1.42. The predicted molar refractivity (Wildman–Crippen MR) is 103 cm³/mol. The molecule has 2 rings (SSSR count). The van der Waals surface area contributed by atoms with Crippen LogP contribution in [0.2, 0.25) is 0 Å². The lowest BCUT2D eigenvalue weighted by Gasteiger charge is -2.08. The molecule has 0 bridgehead atoms. The highest BCUT2D eigenvalue weighted by atomic mass is 16.6. The van der Waals surface area contributed by atoms with Crippen LogP contribution in [-0.2, 0) is 22.7 Å². The van der Waals surface area contributed by atoms with Crippen LogP contribution in [-0.4, -0.2) is 18.7 Å². The van der Waals surface area contributed by atoms with Gasteiger partial charge in [-0.05, 0) is 30.4 Å². The van der Waals surface area contributed by atoms with Gasteiger partial charge in [-0.15, -0.1) is 0 Å². The van der Waals surface area contributed by atoms with Crippen molar-refractivity contribution in [2.75, 3.05) is 6.54 Å². The van der Waals surface area contributed by atoms with E-state index in [1.54, 1.807) is 6.54 Å². The van der Waals surface area contributed by atoms with Crippen LogP contribution in [0.25, 0.3) is 0 Å². The van der Waals surface area contributed by atoms with E-state index in [-0.39, 0.29) is 13.2 Å². The molecule has 0 aliphatic carbocycles. The fourth-order valence-electron chi connectivity index (χ4n) is 2.26. The van der Waals surface area contributed by atoms with Crippen LogP contribution in [0, 0.1) is 6.54 Å². The second-order valence-electron chi connectivity index (χ2n) is 5.89. The van der Waals surface area contributed by atoms with Gasteiger partial charge in [-0.2, -0.15) is 0 Å². The molecule has 0 heterocycles. The van der Waals surface area contributed by atoms with Crippen LogP contribution in [0.1, 0.15) is 30.4 Å². The van der Waals surface area contributed by atoms with Gasteiger partial charge in [0.1, 0.15) is 13.2 Å². The molecule has 0 atom stereocenters. The second kappa shape index (κ2) is 12.4. The van der Waals surface area contributed by atoms with Crippen molar-refractivity contribution in [3.05, 3.63) is 78.3 Å². The van der Waals surface area contributed by atoms with Gasteiger partial charge in [0.25, 0.3) is 0 Å². The van der Waals surface area contributed by atoms with Gasteiger partial charge in [0, 0.05) is 6.54 Å². The monoisotopic (exact) mass is 369 g/mol. The van der Waals surface area contributed by atoms with Crippen LogP contribution in [0.5, 0.6) is 0 Å². The van der Waals surface area contributed by atoms with Crippen molar-refractivity contribution >= 4 is 12.2 Å². The average Bonchev–Trinajstić information content (AvgIpc) is 2.71. The van der Waals surface area contributed by atoms with Gasteiger partial charge in [-0.3, -0.25) is 0 Å². The molecule has 0 aliphatic heterocycles. The summed E-state index contributed by atoms with van der Waals surface area (Å²) in [5, 5.41) is 5.30. The minimum Gasteiger partial charge on any atom is -0.445 e. The van der Waals surface area contributed by atoms with Crippen LogP contribution in [0.4, 0.5) is 9.59 Å². The molecule has 6 nitrogen and oxygen atoms in total. The first kappa shape index (κ1) is 20.3. The molecule has 0 aliphatic rings. The number of nitrogens with one attached hydrogen (secondary N) is 2. The highest BCUT2D eigenvalue weighted by Crippen LogP contribution is 2.02. The standard InChI is InChI=1S/C21H25N2O4/c24-20(26-16-18-10-4-1-5-11-18)22-14-8-3-9-15-23-21(25)27-17-19-12-6-2-7-13-19/h1-2,4-7,10-14H,3,8-9,15-17H2,(H,22,24)(H,23,25). The molecule has 143 valence electrons. The van der Waals surface area contributed by atoms with Crippen LogP contribution < -0.4 is 10.6 Å². The van der Waals surface area contributed by atoms with Gasteiger partial charge < -0.3 is 20.1 Å². The number of alkyl carbamates (subject to hydrolysis) is 2. The predicted octanol–water partition coefficient (Wildman–Crippen LogP) is 4.17. The maximum Gasteiger partial charge on any atom is 0.407 e. The average molecular weight is 369 g/mol. The molecular formula is C21H25N2O4. The molecule has 0 fully saturated rings. The third-order valence-electron chi connectivity index (χ3n) is 3.69. The van der Waals surface area contributed by atoms with Crippen molar-refractivity contribution < 1.29 is 19.1 Å². The lowest BCUT2D eigenvalue weighted by atomic mass is 10.2. The maximum atomic E-state index is 11.6. The summed E-state index contributed by atoms with van der Waals surface area (Å²) in [4.78, 5) is 23.1. The lowest BCUT2D eigenvalue weighted by Crippen LogP contribution is -2.25. The summed E-state index contributed by atoms with van der Waals surface area (Å²) < 4.78 is 10.2. The smallest absolute Gasteiger partial charge is 0.407 e. The molecule has 0 aromatic heterocycles. The largest absolute Gasteiger partial charge is 0.445 e. The van der Waals surface area contributed by atoms with E-state index < -0.39 is 12.2 Å². The van der Waals surface area contributed by atoms with Gasteiger partial charge in [-0.25, -0.2) is 9.59 Å². The van der Waals surface area contributed by atoms with E-state index in [1.807, 2.05) is 60.7 Å². The minimum absolute atomic E-state index is 0.246. The van der Waals surface area contributed by atoms with E-state index in [1.165, 1.54) is 0 Å². The first-order chi connectivity index (χ1) is 13.2. The van der Waals surface area contributed by atoms with Gasteiger partial charge in [0.05, 0.1) is 6.54 Å². The van der Waals surface area contributed by atoms with Gasteiger partial charge >= 0.3 is 12.2 Å². The Morgan fingerprint density at radius 3 is 1.93 bits per heavy atom. The zero-order chi connectivity index (χ0) is 19.2. The van der Waals surface area contributed by atoms with Crippen LogP contribution in [0.15, 0.2) is 60.7 Å². The summed E-state index contributed by atoms with van der Waals surface area (Å²) in [6, 6.07) is 19.0. The number of carbonyl (C=O) groups excluding carboxylic acids is 2. The van der Waals surface area contributed by atoms with Crippen molar-refractivity contribution in [3.63, 3.8) is 0 Å². The van der Waals surface area contributed by atoms with Crippen molar-refractivity contribution in [1.82, 2.24) is 10.6 Å². The molecule has 2 aromatic carbocycles. The number of hydrogen-bond acceptors (Lipinski definition) is 4. The van der Waals surface area contributed by atoms with E-state index in [0.717, 1.165) is 24.0 Å². The molecule has 1 radical (unpaired) electrons. The maximum absolute atomic E-state index is 11.6. The zero-order valence-electron chi connectivity index (χ0n) is 15.2. The Hall–Kier alpha value is -3.02. The van der Waals surface area contributed by atoms with Gasteiger partial charge in [0.2, 0.25) is 0 Å².